The lowest BCUT2D eigenvalue weighted by atomic mass is 10.3. The van der Waals surface area contributed by atoms with Crippen molar-refractivity contribution in [1.82, 2.24) is 0 Å². The van der Waals surface area contributed by atoms with Crippen molar-refractivity contribution in [1.29, 1.82) is 0 Å². The van der Waals surface area contributed by atoms with E-state index in [0.717, 1.165) is 0 Å². The van der Waals surface area contributed by atoms with Gasteiger partial charge in [0.15, 0.2) is 0 Å². The average Bonchev–Trinajstić information content (AvgIpc) is 2.17. The molecular formula is C8H3Br3Cl3NO. The molecule has 0 saturated carbocycles. The third kappa shape index (κ3) is 3.75. The molecule has 0 aliphatic carbocycles. The Morgan fingerprint density at radius 1 is 1.12 bits per heavy atom. The Balaban J connectivity index is 3.00. The van der Waals surface area contributed by atoms with E-state index in [0.29, 0.717) is 10.7 Å². The molecule has 88 valence electrons. The highest BCUT2D eigenvalue weighted by Gasteiger charge is 2.29. The molecule has 0 unspecified atom stereocenters. The Hall–Kier alpha value is 1.000. The summed E-state index contributed by atoms with van der Waals surface area (Å²) in [6, 6.07) is 3.11. The number of nitrogens with one attached hydrogen (secondary N) is 1. The molecule has 1 aromatic rings. The molecule has 16 heavy (non-hydrogen) atoms. The fourth-order valence-corrected chi connectivity index (χ4v) is 1.70. The Labute approximate surface area is 132 Å². The maximum atomic E-state index is 11.6. The van der Waals surface area contributed by atoms with E-state index >= 15 is 0 Å². The zero-order valence-electron chi connectivity index (χ0n) is 7.33. The zero-order valence-corrected chi connectivity index (χ0v) is 14.4. The first kappa shape index (κ1) is 15.1. The Kier molecular flexibility index (Phi) is 5.42. The monoisotopic (exact) mass is 471 g/mol. The van der Waals surface area contributed by atoms with Gasteiger partial charge in [-0.05, 0) is 59.9 Å². The van der Waals surface area contributed by atoms with E-state index in [4.69, 9.17) is 34.8 Å². The van der Waals surface area contributed by atoms with Gasteiger partial charge in [0, 0.05) is 0 Å². The van der Waals surface area contributed by atoms with E-state index in [1.54, 1.807) is 12.1 Å². The van der Waals surface area contributed by atoms with Crippen molar-refractivity contribution in [3.8, 4) is 0 Å². The number of halogens is 6. The highest BCUT2D eigenvalue weighted by molar-refractivity contribution is 9.40. The van der Waals surface area contributed by atoms with Crippen LogP contribution in [0.1, 0.15) is 0 Å². The third-order valence-electron chi connectivity index (χ3n) is 1.54. The van der Waals surface area contributed by atoms with Crippen LogP contribution >= 0.6 is 82.6 Å². The van der Waals surface area contributed by atoms with Crippen LogP contribution in [0.2, 0.25) is 15.1 Å². The van der Waals surface area contributed by atoms with Crippen LogP contribution in [0, 0.1) is 0 Å². The predicted molar refractivity (Wildman–Crippen MR) is 79.6 cm³/mol. The van der Waals surface area contributed by atoms with Gasteiger partial charge in [0.25, 0.3) is 5.91 Å². The SMILES string of the molecule is O=C(Nc1ccc(Cl)c(Cl)c1Cl)C(Br)(Br)Br. The van der Waals surface area contributed by atoms with Crippen molar-refractivity contribution in [2.75, 3.05) is 5.32 Å². The van der Waals surface area contributed by atoms with Crippen LogP contribution < -0.4 is 5.32 Å². The summed E-state index contributed by atoms with van der Waals surface area (Å²) in [6.45, 7) is 0. The van der Waals surface area contributed by atoms with Gasteiger partial charge in [0.1, 0.15) is 0 Å². The van der Waals surface area contributed by atoms with Crippen LogP contribution in [0.3, 0.4) is 0 Å². The largest absolute Gasteiger partial charge is 0.322 e. The van der Waals surface area contributed by atoms with Crippen molar-refractivity contribution < 1.29 is 4.79 Å². The van der Waals surface area contributed by atoms with Crippen LogP contribution in [0.4, 0.5) is 5.69 Å². The number of rotatable bonds is 1. The first-order valence-electron chi connectivity index (χ1n) is 3.75. The number of hydrogen-bond acceptors (Lipinski definition) is 1. The van der Waals surface area contributed by atoms with E-state index in [1.807, 2.05) is 0 Å². The van der Waals surface area contributed by atoms with E-state index in [-0.39, 0.29) is 16.0 Å². The molecular weight excluding hydrogens is 472 g/mol. The summed E-state index contributed by atoms with van der Waals surface area (Å²) in [4.78, 5) is 11.6. The zero-order chi connectivity index (χ0) is 12.5. The normalized spacial score (nSPS) is 11.4. The molecule has 0 aliphatic rings. The highest BCUT2D eigenvalue weighted by Crippen LogP contribution is 2.38. The van der Waals surface area contributed by atoms with Gasteiger partial charge in [0.05, 0.1) is 20.8 Å². The first-order chi connectivity index (χ1) is 7.23. The smallest absolute Gasteiger partial charge is 0.263 e. The quantitative estimate of drug-likeness (QED) is 0.427. The van der Waals surface area contributed by atoms with Crippen LogP contribution in [0.15, 0.2) is 12.1 Å². The summed E-state index contributed by atoms with van der Waals surface area (Å²) in [7, 11) is 0. The van der Waals surface area contributed by atoms with Crippen molar-refractivity contribution in [2.24, 2.45) is 0 Å². The molecule has 1 amide bonds. The number of carbonyl (C=O) groups is 1. The van der Waals surface area contributed by atoms with Crippen LogP contribution in [-0.4, -0.2) is 8.05 Å². The van der Waals surface area contributed by atoms with Gasteiger partial charge < -0.3 is 5.32 Å². The van der Waals surface area contributed by atoms with Crippen molar-refractivity contribution >= 4 is 94.2 Å². The van der Waals surface area contributed by atoms with Gasteiger partial charge in [0.2, 0.25) is 2.14 Å². The number of benzene rings is 1. The minimum Gasteiger partial charge on any atom is -0.322 e. The van der Waals surface area contributed by atoms with E-state index in [2.05, 4.69) is 53.1 Å². The number of hydrogen-bond donors (Lipinski definition) is 1. The summed E-state index contributed by atoms with van der Waals surface area (Å²) in [5.74, 6) is -0.382. The lowest BCUT2D eigenvalue weighted by Gasteiger charge is -2.14. The number of alkyl halides is 3. The number of carbonyl (C=O) groups excluding carboxylic acids is 1. The Morgan fingerprint density at radius 2 is 1.69 bits per heavy atom. The topological polar surface area (TPSA) is 29.1 Å². The molecule has 0 heterocycles. The number of amides is 1. The minimum atomic E-state index is -1.05. The van der Waals surface area contributed by atoms with Crippen molar-refractivity contribution in [2.45, 2.75) is 2.14 Å². The fraction of sp³-hybridized carbons (Fsp3) is 0.125. The van der Waals surface area contributed by atoms with Gasteiger partial charge >= 0.3 is 0 Å². The summed E-state index contributed by atoms with van der Waals surface area (Å²) in [6.07, 6.45) is 0. The molecule has 1 aromatic carbocycles. The molecule has 0 fully saturated rings. The lowest BCUT2D eigenvalue weighted by Crippen LogP contribution is -2.25. The first-order valence-corrected chi connectivity index (χ1v) is 7.26. The fourth-order valence-electron chi connectivity index (χ4n) is 0.816. The van der Waals surface area contributed by atoms with Crippen molar-refractivity contribution in [3.05, 3.63) is 27.2 Å². The molecule has 1 rings (SSSR count). The molecule has 2 nitrogen and oxygen atoms in total. The van der Waals surface area contributed by atoms with Gasteiger partial charge in [-0.3, -0.25) is 4.79 Å². The molecule has 1 N–H and O–H groups in total. The van der Waals surface area contributed by atoms with Gasteiger partial charge in [-0.2, -0.15) is 0 Å². The maximum absolute atomic E-state index is 11.6. The Bertz CT molecular complexity index is 433. The molecule has 0 atom stereocenters. The third-order valence-corrected chi connectivity index (χ3v) is 3.91. The van der Waals surface area contributed by atoms with Gasteiger partial charge in [-0.15, -0.1) is 0 Å². The standard InChI is InChI=1S/C8H3Br3Cl3NO/c9-8(10,11)7(16)15-4-2-1-3(12)5(13)6(4)14/h1-2H,(H,15,16). The minimum absolute atomic E-state index is 0.194. The highest BCUT2D eigenvalue weighted by atomic mass is 80.0. The van der Waals surface area contributed by atoms with Crippen molar-refractivity contribution in [3.63, 3.8) is 0 Å². The van der Waals surface area contributed by atoms with E-state index in [1.165, 1.54) is 0 Å². The molecule has 0 radical (unpaired) electrons. The Morgan fingerprint density at radius 3 is 2.19 bits per heavy atom. The summed E-state index contributed by atoms with van der Waals surface area (Å²) in [5.41, 5.74) is 0.379. The molecule has 0 bridgehead atoms. The molecule has 0 spiro atoms. The van der Waals surface area contributed by atoms with Gasteiger partial charge in [-0.25, -0.2) is 0 Å². The van der Waals surface area contributed by atoms with E-state index in [9.17, 15) is 4.79 Å². The van der Waals surface area contributed by atoms with Crippen LogP contribution in [0.25, 0.3) is 0 Å². The van der Waals surface area contributed by atoms with E-state index < -0.39 is 2.14 Å². The molecule has 8 heteroatoms. The maximum Gasteiger partial charge on any atom is 0.263 e. The average molecular weight is 475 g/mol. The van der Waals surface area contributed by atoms with Gasteiger partial charge in [-0.1, -0.05) is 34.8 Å². The molecule has 0 aliphatic heterocycles. The second kappa shape index (κ2) is 5.76. The second-order valence-electron chi connectivity index (χ2n) is 2.67. The summed E-state index contributed by atoms with van der Waals surface area (Å²) in [5, 5.41) is 3.28. The summed E-state index contributed by atoms with van der Waals surface area (Å²) < 4.78 is -1.05. The molecule has 0 aromatic heterocycles. The lowest BCUT2D eigenvalue weighted by molar-refractivity contribution is -0.114. The second-order valence-corrected chi connectivity index (χ2v) is 10.6. The molecule has 0 saturated heterocycles. The summed E-state index contributed by atoms with van der Waals surface area (Å²) >= 11 is 26.7. The van der Waals surface area contributed by atoms with Crippen LogP contribution in [-0.2, 0) is 4.79 Å². The van der Waals surface area contributed by atoms with Crippen LogP contribution in [0.5, 0.6) is 0 Å². The number of anilines is 1. The predicted octanol–water partition coefficient (Wildman–Crippen LogP) is 5.42.